The van der Waals surface area contributed by atoms with Crippen LogP contribution in [0.5, 0.6) is 5.75 Å². The van der Waals surface area contributed by atoms with Gasteiger partial charge in [-0.25, -0.2) is 0 Å². The molecule has 0 bridgehead atoms. The molecular formula is C16H24BrNO. The van der Waals surface area contributed by atoms with Crippen molar-refractivity contribution in [2.45, 2.75) is 52.2 Å². The zero-order chi connectivity index (χ0) is 14.0. The van der Waals surface area contributed by atoms with Crippen molar-refractivity contribution in [3.63, 3.8) is 0 Å². The molecule has 3 heteroatoms. The van der Waals surface area contributed by atoms with Gasteiger partial charge in [-0.05, 0) is 50.2 Å². The number of benzene rings is 1. The van der Waals surface area contributed by atoms with Gasteiger partial charge in [0.15, 0.2) is 0 Å². The van der Waals surface area contributed by atoms with Crippen LogP contribution in [0.1, 0.15) is 51.6 Å². The molecule has 0 radical (unpaired) electrons. The van der Waals surface area contributed by atoms with Gasteiger partial charge in [0.05, 0.1) is 6.10 Å². The Balaban J connectivity index is 2.12. The first-order valence-electron chi connectivity index (χ1n) is 7.19. The predicted octanol–water partition coefficient (Wildman–Crippen LogP) is 4.67. The smallest absolute Gasteiger partial charge is 0.125 e. The van der Waals surface area contributed by atoms with Crippen LogP contribution in [0.15, 0.2) is 22.7 Å². The van der Waals surface area contributed by atoms with Gasteiger partial charge in [0.25, 0.3) is 0 Å². The molecule has 106 valence electrons. The van der Waals surface area contributed by atoms with E-state index in [9.17, 15) is 0 Å². The lowest BCUT2D eigenvalue weighted by Crippen LogP contribution is -2.29. The van der Waals surface area contributed by atoms with Crippen molar-refractivity contribution >= 4 is 15.9 Å². The minimum absolute atomic E-state index is 0.00281. The third-order valence-corrected chi connectivity index (χ3v) is 4.80. The third kappa shape index (κ3) is 3.73. The number of nitrogens with two attached hydrogens (primary N) is 1. The Labute approximate surface area is 124 Å². The summed E-state index contributed by atoms with van der Waals surface area (Å²) in [4.78, 5) is 0. The highest BCUT2D eigenvalue weighted by Gasteiger charge is 2.26. The molecule has 1 aromatic carbocycles. The lowest BCUT2D eigenvalue weighted by Gasteiger charge is -2.33. The van der Waals surface area contributed by atoms with Crippen LogP contribution in [0.25, 0.3) is 0 Å². The average Bonchev–Trinajstić information content (AvgIpc) is 2.33. The van der Waals surface area contributed by atoms with E-state index >= 15 is 0 Å². The van der Waals surface area contributed by atoms with Crippen LogP contribution < -0.4 is 10.5 Å². The fourth-order valence-corrected chi connectivity index (χ4v) is 3.11. The monoisotopic (exact) mass is 325 g/mol. The van der Waals surface area contributed by atoms with Crippen LogP contribution in [0.4, 0.5) is 0 Å². The van der Waals surface area contributed by atoms with E-state index in [1.165, 1.54) is 6.42 Å². The Morgan fingerprint density at radius 2 is 2.00 bits per heavy atom. The Bertz CT molecular complexity index is 433. The average molecular weight is 326 g/mol. The summed E-state index contributed by atoms with van der Waals surface area (Å²) in [6.45, 7) is 6.67. The molecule has 4 atom stereocenters. The fourth-order valence-electron chi connectivity index (χ4n) is 2.77. The third-order valence-electron chi connectivity index (χ3n) is 4.31. The predicted molar refractivity (Wildman–Crippen MR) is 83.3 cm³/mol. The molecule has 0 heterocycles. The lowest BCUT2D eigenvalue weighted by molar-refractivity contribution is 0.0994. The SMILES string of the molecule is CC1CCC(Oc2cc(Br)ccc2[C@H](C)N)CC1C. The summed E-state index contributed by atoms with van der Waals surface area (Å²) in [5.74, 6) is 2.50. The molecule has 2 rings (SSSR count). The minimum Gasteiger partial charge on any atom is -0.490 e. The van der Waals surface area contributed by atoms with Gasteiger partial charge in [-0.3, -0.25) is 0 Å². The van der Waals surface area contributed by atoms with E-state index in [4.69, 9.17) is 10.5 Å². The van der Waals surface area contributed by atoms with E-state index < -0.39 is 0 Å². The molecule has 0 aliphatic heterocycles. The molecule has 2 N–H and O–H groups in total. The summed E-state index contributed by atoms with van der Waals surface area (Å²) in [6, 6.07) is 6.13. The lowest BCUT2D eigenvalue weighted by atomic mass is 9.80. The van der Waals surface area contributed by atoms with Gasteiger partial charge in [0.1, 0.15) is 5.75 Å². The van der Waals surface area contributed by atoms with Crippen molar-refractivity contribution in [1.29, 1.82) is 0 Å². The molecule has 19 heavy (non-hydrogen) atoms. The first kappa shape index (κ1) is 14.9. The Hall–Kier alpha value is -0.540. The fraction of sp³-hybridized carbons (Fsp3) is 0.625. The highest BCUT2D eigenvalue weighted by molar-refractivity contribution is 9.10. The number of hydrogen-bond donors (Lipinski definition) is 1. The van der Waals surface area contributed by atoms with Crippen LogP contribution >= 0.6 is 15.9 Å². The number of hydrogen-bond acceptors (Lipinski definition) is 2. The minimum atomic E-state index is 0.00281. The Morgan fingerprint density at radius 1 is 1.26 bits per heavy atom. The first-order valence-corrected chi connectivity index (χ1v) is 7.98. The zero-order valence-electron chi connectivity index (χ0n) is 12.0. The van der Waals surface area contributed by atoms with Gasteiger partial charge in [0, 0.05) is 16.1 Å². The molecule has 3 unspecified atom stereocenters. The summed E-state index contributed by atoms with van der Waals surface area (Å²) in [5.41, 5.74) is 7.12. The van der Waals surface area contributed by atoms with Crippen molar-refractivity contribution in [3.8, 4) is 5.75 Å². The van der Waals surface area contributed by atoms with Crippen LogP contribution in [0.3, 0.4) is 0 Å². The van der Waals surface area contributed by atoms with Gasteiger partial charge >= 0.3 is 0 Å². The van der Waals surface area contributed by atoms with E-state index in [-0.39, 0.29) is 6.04 Å². The quantitative estimate of drug-likeness (QED) is 0.876. The van der Waals surface area contributed by atoms with E-state index in [2.05, 4.69) is 35.8 Å². The van der Waals surface area contributed by atoms with Crippen LogP contribution in [0, 0.1) is 11.8 Å². The molecule has 0 spiro atoms. The van der Waals surface area contributed by atoms with E-state index in [0.717, 1.165) is 40.5 Å². The molecule has 1 fully saturated rings. The van der Waals surface area contributed by atoms with Crippen molar-refractivity contribution in [2.24, 2.45) is 17.6 Å². The van der Waals surface area contributed by atoms with Crippen molar-refractivity contribution < 1.29 is 4.74 Å². The second kappa shape index (κ2) is 6.27. The summed E-state index contributed by atoms with van der Waals surface area (Å²) >= 11 is 3.51. The maximum atomic E-state index is 6.24. The zero-order valence-corrected chi connectivity index (χ0v) is 13.6. The topological polar surface area (TPSA) is 35.2 Å². The molecule has 1 saturated carbocycles. The molecular weight excluding hydrogens is 302 g/mol. The van der Waals surface area contributed by atoms with Gasteiger partial charge in [-0.1, -0.05) is 35.8 Å². The first-order chi connectivity index (χ1) is 8.97. The normalized spacial score (nSPS) is 29.0. The highest BCUT2D eigenvalue weighted by atomic mass is 79.9. The van der Waals surface area contributed by atoms with E-state index in [1.807, 2.05) is 19.1 Å². The van der Waals surface area contributed by atoms with Gasteiger partial charge in [-0.2, -0.15) is 0 Å². The maximum absolute atomic E-state index is 6.24. The largest absolute Gasteiger partial charge is 0.490 e. The molecule has 1 aromatic rings. The molecule has 1 aliphatic rings. The van der Waals surface area contributed by atoms with Crippen LogP contribution in [-0.2, 0) is 0 Å². The van der Waals surface area contributed by atoms with Crippen molar-refractivity contribution in [3.05, 3.63) is 28.2 Å². The summed E-state index contributed by atoms with van der Waals surface area (Å²) in [5, 5.41) is 0. The Morgan fingerprint density at radius 3 is 2.63 bits per heavy atom. The molecule has 0 saturated heterocycles. The molecule has 1 aliphatic carbocycles. The van der Waals surface area contributed by atoms with Gasteiger partial charge < -0.3 is 10.5 Å². The standard InChI is InChI=1S/C16H24BrNO/c1-10-4-6-14(8-11(10)2)19-16-9-13(17)5-7-15(16)12(3)18/h5,7,9-12,14H,4,6,8,18H2,1-3H3/t10?,11?,12-,14?/m0/s1. The molecule has 2 nitrogen and oxygen atoms in total. The van der Waals surface area contributed by atoms with Crippen LogP contribution in [0.2, 0.25) is 0 Å². The summed E-state index contributed by atoms with van der Waals surface area (Å²) in [6.07, 6.45) is 3.88. The van der Waals surface area contributed by atoms with Gasteiger partial charge in [-0.15, -0.1) is 0 Å². The summed E-state index contributed by atoms with van der Waals surface area (Å²) in [7, 11) is 0. The van der Waals surface area contributed by atoms with E-state index in [0.29, 0.717) is 6.10 Å². The second-order valence-corrected chi connectivity index (χ2v) is 6.89. The van der Waals surface area contributed by atoms with Crippen LogP contribution in [-0.4, -0.2) is 6.10 Å². The maximum Gasteiger partial charge on any atom is 0.125 e. The molecule has 0 amide bonds. The Kier molecular flexibility index (Phi) is 4.91. The van der Waals surface area contributed by atoms with E-state index in [1.54, 1.807) is 0 Å². The van der Waals surface area contributed by atoms with Crippen molar-refractivity contribution in [2.75, 3.05) is 0 Å². The number of ether oxygens (including phenoxy) is 1. The highest BCUT2D eigenvalue weighted by Crippen LogP contribution is 2.34. The van der Waals surface area contributed by atoms with Crippen molar-refractivity contribution in [1.82, 2.24) is 0 Å². The number of rotatable bonds is 3. The van der Waals surface area contributed by atoms with Gasteiger partial charge in [0.2, 0.25) is 0 Å². The number of halogens is 1. The second-order valence-electron chi connectivity index (χ2n) is 5.98. The molecule has 0 aromatic heterocycles. The summed E-state index contributed by atoms with van der Waals surface area (Å²) < 4.78 is 7.28.